The van der Waals surface area contributed by atoms with Crippen molar-refractivity contribution in [3.8, 4) is 17.1 Å². The van der Waals surface area contributed by atoms with Gasteiger partial charge in [0.2, 0.25) is 0 Å². The van der Waals surface area contributed by atoms with Crippen LogP contribution in [-0.2, 0) is 4.79 Å². The maximum absolute atomic E-state index is 14.2. The summed E-state index contributed by atoms with van der Waals surface area (Å²) in [5.41, 5.74) is -2.40. The summed E-state index contributed by atoms with van der Waals surface area (Å²) >= 11 is 0. The molecular weight excluding hydrogens is 370 g/mol. The summed E-state index contributed by atoms with van der Waals surface area (Å²) in [6, 6.07) is 10.9. The number of carbonyl (C=O) groups is 1. The lowest BCUT2D eigenvalue weighted by Gasteiger charge is -2.05. The van der Waals surface area contributed by atoms with Gasteiger partial charge in [-0.15, -0.1) is 0 Å². The molecule has 4 rings (SSSR count). The minimum Gasteiger partial charge on any atom is -0.424 e. The van der Waals surface area contributed by atoms with E-state index in [1.807, 2.05) is 0 Å². The fraction of sp³-hybridized carbons (Fsp3) is 0.0500. The highest BCUT2D eigenvalue weighted by Gasteiger charge is 2.25. The molecule has 0 saturated heterocycles. The SMILES string of the molecule is CC(=O)Oc1c2c(=O)n(-c3ccc(F)cc3F)c(=O)n-2ccc2ccccc12. The highest BCUT2D eigenvalue weighted by Crippen LogP contribution is 2.30. The van der Waals surface area contributed by atoms with Crippen LogP contribution < -0.4 is 16.0 Å². The smallest absolute Gasteiger partial charge is 0.340 e. The van der Waals surface area contributed by atoms with Gasteiger partial charge in [0.05, 0.1) is 5.69 Å². The molecule has 0 aromatic heterocycles. The number of carbonyl (C=O) groups excluding carboxylic acids is 1. The van der Waals surface area contributed by atoms with Crippen molar-refractivity contribution in [3.63, 3.8) is 0 Å². The molecule has 0 saturated carbocycles. The standard InChI is InChI=1S/C20H12F2N2O4/c1-11(25)28-18-14-5-3-2-4-12(14)8-9-23-17(18)19(26)24(20(23)27)16-7-6-13(21)10-15(16)22/h2-10H,1H3. The van der Waals surface area contributed by atoms with Crippen molar-refractivity contribution in [3.05, 3.63) is 87.2 Å². The first kappa shape index (κ1) is 17.6. The van der Waals surface area contributed by atoms with Crippen molar-refractivity contribution in [1.82, 2.24) is 9.13 Å². The second-order valence-corrected chi connectivity index (χ2v) is 6.06. The zero-order chi connectivity index (χ0) is 20.0. The Hall–Kier alpha value is -3.81. The average molecular weight is 382 g/mol. The number of imidazole rings is 1. The van der Waals surface area contributed by atoms with E-state index >= 15 is 0 Å². The van der Waals surface area contributed by atoms with E-state index in [0.29, 0.717) is 21.4 Å². The van der Waals surface area contributed by atoms with E-state index in [0.717, 1.165) is 23.6 Å². The van der Waals surface area contributed by atoms with E-state index in [2.05, 4.69) is 0 Å². The van der Waals surface area contributed by atoms with E-state index in [1.165, 1.54) is 6.20 Å². The molecule has 28 heavy (non-hydrogen) atoms. The molecule has 2 aromatic rings. The van der Waals surface area contributed by atoms with Crippen LogP contribution in [0.5, 0.6) is 5.75 Å². The van der Waals surface area contributed by atoms with Gasteiger partial charge < -0.3 is 4.74 Å². The topological polar surface area (TPSA) is 70.3 Å². The number of ether oxygens (including phenoxy) is 1. The fourth-order valence-electron chi connectivity index (χ4n) is 3.10. The van der Waals surface area contributed by atoms with E-state index in [-0.39, 0.29) is 11.4 Å². The van der Waals surface area contributed by atoms with Crippen molar-refractivity contribution in [2.24, 2.45) is 0 Å². The molecule has 0 aliphatic carbocycles. The van der Waals surface area contributed by atoms with Crippen LogP contribution in [0.1, 0.15) is 6.92 Å². The van der Waals surface area contributed by atoms with Crippen molar-refractivity contribution in [2.75, 3.05) is 0 Å². The van der Waals surface area contributed by atoms with Gasteiger partial charge in [0.1, 0.15) is 11.6 Å². The van der Waals surface area contributed by atoms with Crippen molar-refractivity contribution >= 4 is 16.7 Å². The first-order valence-corrected chi connectivity index (χ1v) is 8.21. The number of rotatable bonds is 2. The summed E-state index contributed by atoms with van der Waals surface area (Å²) in [6.07, 6.45) is 1.34. The van der Waals surface area contributed by atoms with Gasteiger partial charge in [0.15, 0.2) is 11.4 Å². The van der Waals surface area contributed by atoms with E-state index in [1.54, 1.807) is 30.3 Å². The average Bonchev–Trinajstić information content (AvgIpc) is 2.79. The molecule has 0 spiro atoms. The van der Waals surface area contributed by atoms with Crippen LogP contribution in [-0.4, -0.2) is 15.1 Å². The largest absolute Gasteiger partial charge is 0.424 e. The molecular formula is C20H12F2N2O4. The Bertz CT molecular complexity index is 1340. The lowest BCUT2D eigenvalue weighted by Crippen LogP contribution is -2.25. The Morgan fingerprint density at radius 2 is 1.79 bits per heavy atom. The van der Waals surface area contributed by atoms with E-state index in [4.69, 9.17) is 4.74 Å². The quantitative estimate of drug-likeness (QED) is 0.500. The summed E-state index contributed by atoms with van der Waals surface area (Å²) in [5.74, 6) is -2.72. The normalized spacial score (nSPS) is 11.1. The number of esters is 1. The number of hydrogen-bond donors (Lipinski definition) is 0. The van der Waals surface area contributed by atoms with Crippen LogP contribution in [0.4, 0.5) is 8.78 Å². The highest BCUT2D eigenvalue weighted by molar-refractivity contribution is 5.92. The van der Waals surface area contributed by atoms with Crippen LogP contribution in [0.25, 0.3) is 22.1 Å². The number of benzene rings is 2. The third-order valence-corrected chi connectivity index (χ3v) is 4.26. The van der Waals surface area contributed by atoms with Gasteiger partial charge in [-0.2, -0.15) is 0 Å². The van der Waals surface area contributed by atoms with Crippen LogP contribution in [0.15, 0.2) is 64.3 Å². The molecule has 2 heterocycles. The predicted octanol–water partition coefficient (Wildman–Crippen LogP) is 2.78. The molecule has 0 bridgehead atoms. The number of fused-ring (bicyclic) bond motifs is 2. The zero-order valence-electron chi connectivity index (χ0n) is 14.5. The van der Waals surface area contributed by atoms with Gasteiger partial charge in [-0.1, -0.05) is 24.3 Å². The first-order chi connectivity index (χ1) is 13.4. The third-order valence-electron chi connectivity index (χ3n) is 4.26. The first-order valence-electron chi connectivity index (χ1n) is 8.21. The number of aromatic nitrogens is 2. The summed E-state index contributed by atoms with van der Waals surface area (Å²) in [4.78, 5) is 37.6. The van der Waals surface area contributed by atoms with Crippen LogP contribution in [0.2, 0.25) is 0 Å². The predicted molar refractivity (Wildman–Crippen MR) is 97.6 cm³/mol. The van der Waals surface area contributed by atoms with Crippen molar-refractivity contribution in [1.29, 1.82) is 0 Å². The molecule has 0 N–H and O–H groups in total. The summed E-state index contributed by atoms with van der Waals surface area (Å²) in [5, 5.41) is 1.05. The zero-order valence-corrected chi connectivity index (χ0v) is 14.5. The molecule has 0 unspecified atom stereocenters. The lowest BCUT2D eigenvalue weighted by molar-refractivity contribution is -0.131. The molecule has 2 aliphatic heterocycles. The highest BCUT2D eigenvalue weighted by atomic mass is 19.1. The van der Waals surface area contributed by atoms with Gasteiger partial charge in [0.25, 0.3) is 5.56 Å². The minimum atomic E-state index is -1.07. The van der Waals surface area contributed by atoms with Crippen molar-refractivity contribution < 1.29 is 18.3 Å². The Morgan fingerprint density at radius 3 is 2.50 bits per heavy atom. The Morgan fingerprint density at radius 1 is 1.04 bits per heavy atom. The van der Waals surface area contributed by atoms with Crippen molar-refractivity contribution in [2.45, 2.75) is 6.92 Å². The van der Waals surface area contributed by atoms with Gasteiger partial charge in [-0.3, -0.25) is 14.2 Å². The number of nitrogens with zero attached hydrogens (tertiary/aromatic N) is 2. The number of halogens is 2. The van der Waals surface area contributed by atoms with E-state index in [9.17, 15) is 23.2 Å². The third kappa shape index (κ3) is 2.66. The van der Waals surface area contributed by atoms with Crippen LogP contribution >= 0.6 is 0 Å². The van der Waals surface area contributed by atoms with Crippen LogP contribution in [0, 0.1) is 11.6 Å². The molecule has 0 fully saturated rings. The Balaban J connectivity index is 2.18. The molecule has 0 atom stereocenters. The maximum atomic E-state index is 14.2. The van der Waals surface area contributed by atoms with Gasteiger partial charge in [0, 0.05) is 24.6 Å². The molecule has 6 nitrogen and oxygen atoms in total. The van der Waals surface area contributed by atoms with Gasteiger partial charge >= 0.3 is 11.7 Å². The summed E-state index contributed by atoms with van der Waals surface area (Å²) in [6.45, 7) is 1.16. The summed E-state index contributed by atoms with van der Waals surface area (Å²) < 4.78 is 34.3. The fourth-order valence-corrected chi connectivity index (χ4v) is 3.10. The molecule has 140 valence electrons. The molecule has 0 radical (unpaired) electrons. The molecule has 8 heteroatoms. The minimum absolute atomic E-state index is 0.114. The second kappa shape index (κ2) is 6.41. The molecule has 2 aromatic carbocycles. The Kier molecular flexibility index (Phi) is 4.03. The monoisotopic (exact) mass is 382 g/mol. The number of hydrogen-bond acceptors (Lipinski definition) is 4. The Labute approximate surface area is 156 Å². The van der Waals surface area contributed by atoms with E-state index < -0.39 is 34.5 Å². The van der Waals surface area contributed by atoms with Gasteiger partial charge in [-0.05, 0) is 23.6 Å². The molecule has 0 amide bonds. The molecule has 2 aliphatic rings. The maximum Gasteiger partial charge on any atom is 0.340 e. The summed E-state index contributed by atoms with van der Waals surface area (Å²) in [7, 11) is 0. The van der Waals surface area contributed by atoms with Crippen LogP contribution in [0.3, 0.4) is 0 Å². The van der Waals surface area contributed by atoms with Gasteiger partial charge in [-0.25, -0.2) is 18.1 Å². The second-order valence-electron chi connectivity index (χ2n) is 6.06. The lowest BCUT2D eigenvalue weighted by atomic mass is 10.1.